The zero-order valence-corrected chi connectivity index (χ0v) is 15.8. The number of hydrogen-bond donors (Lipinski definition) is 2. The second kappa shape index (κ2) is 7.85. The zero-order chi connectivity index (χ0) is 18.9. The number of ether oxygens (including phenoxy) is 2. The Bertz CT molecular complexity index is 748. The molecule has 7 heteroatoms. The first-order valence-corrected chi connectivity index (χ1v) is 10.0. The highest BCUT2D eigenvalue weighted by molar-refractivity contribution is 5.46. The van der Waals surface area contributed by atoms with Crippen LogP contribution in [0.3, 0.4) is 0 Å². The first-order valence-electron chi connectivity index (χ1n) is 10.0. The van der Waals surface area contributed by atoms with Crippen molar-refractivity contribution in [2.75, 3.05) is 37.7 Å². The molecular weight excluding hydrogens is 358 g/mol. The molecule has 0 amide bonds. The molecule has 4 heterocycles. The average molecular weight is 385 g/mol. The highest BCUT2D eigenvalue weighted by atomic mass is 16.7. The van der Waals surface area contributed by atoms with Crippen molar-refractivity contribution in [1.29, 1.82) is 0 Å². The van der Waals surface area contributed by atoms with Crippen LogP contribution in [0.4, 0.5) is 5.69 Å². The fourth-order valence-corrected chi connectivity index (χ4v) is 4.59. The second-order valence-corrected chi connectivity index (χ2v) is 7.70. The number of para-hydroxylation sites is 1. The van der Waals surface area contributed by atoms with E-state index in [1.54, 1.807) is 6.26 Å². The zero-order valence-electron chi connectivity index (χ0n) is 15.8. The van der Waals surface area contributed by atoms with Crippen molar-refractivity contribution >= 4 is 5.69 Å². The highest BCUT2D eigenvalue weighted by Gasteiger charge is 2.52. The molecule has 2 N–H and O–H groups in total. The van der Waals surface area contributed by atoms with E-state index >= 15 is 0 Å². The normalized spacial score (nSPS) is 33.3. The van der Waals surface area contributed by atoms with E-state index in [1.165, 1.54) is 5.69 Å². The predicted molar refractivity (Wildman–Crippen MR) is 104 cm³/mol. The molecule has 3 fully saturated rings. The van der Waals surface area contributed by atoms with Gasteiger partial charge in [0, 0.05) is 31.9 Å². The number of anilines is 1. The van der Waals surface area contributed by atoms with Gasteiger partial charge in [0.15, 0.2) is 6.29 Å². The van der Waals surface area contributed by atoms with E-state index in [4.69, 9.17) is 13.9 Å². The number of hydrogen-bond acceptors (Lipinski definition) is 7. The fourth-order valence-electron chi connectivity index (χ4n) is 4.59. The number of benzene rings is 1. The van der Waals surface area contributed by atoms with Gasteiger partial charge in [-0.3, -0.25) is 4.90 Å². The lowest BCUT2D eigenvalue weighted by atomic mass is 9.94. The molecule has 3 aliphatic rings. The Morgan fingerprint density at radius 3 is 2.61 bits per heavy atom. The molecule has 28 heavy (non-hydrogen) atoms. The molecule has 0 spiro atoms. The largest absolute Gasteiger partial charge is 0.468 e. The van der Waals surface area contributed by atoms with Crippen LogP contribution < -0.4 is 10.2 Å². The Morgan fingerprint density at radius 1 is 1.04 bits per heavy atom. The van der Waals surface area contributed by atoms with Gasteiger partial charge in [0.25, 0.3) is 0 Å². The summed E-state index contributed by atoms with van der Waals surface area (Å²) in [5, 5.41) is 14.6. The molecule has 3 saturated heterocycles. The van der Waals surface area contributed by atoms with Crippen LogP contribution >= 0.6 is 0 Å². The Morgan fingerprint density at radius 2 is 1.86 bits per heavy atom. The van der Waals surface area contributed by atoms with Crippen LogP contribution in [0.1, 0.15) is 5.76 Å². The van der Waals surface area contributed by atoms with Crippen molar-refractivity contribution in [3.63, 3.8) is 0 Å². The number of rotatable bonds is 5. The molecule has 5 rings (SSSR count). The number of aliphatic hydroxyl groups excluding tert-OH is 1. The van der Waals surface area contributed by atoms with E-state index in [0.29, 0.717) is 13.2 Å². The Hall–Kier alpha value is -1.90. The third-order valence-corrected chi connectivity index (χ3v) is 6.08. The van der Waals surface area contributed by atoms with Crippen LogP contribution in [0.5, 0.6) is 0 Å². The summed E-state index contributed by atoms with van der Waals surface area (Å²) < 4.78 is 17.4. The van der Waals surface area contributed by atoms with E-state index in [0.717, 1.165) is 31.9 Å². The maximum Gasteiger partial charge on any atom is 0.176 e. The summed E-state index contributed by atoms with van der Waals surface area (Å²) in [6, 6.07) is 13.9. The van der Waals surface area contributed by atoms with Gasteiger partial charge in [-0.05, 0) is 24.3 Å². The smallest absolute Gasteiger partial charge is 0.176 e. The van der Waals surface area contributed by atoms with Crippen LogP contribution in [-0.2, 0) is 16.0 Å². The molecule has 7 nitrogen and oxygen atoms in total. The van der Waals surface area contributed by atoms with Gasteiger partial charge in [-0.15, -0.1) is 0 Å². The lowest BCUT2D eigenvalue weighted by molar-refractivity contribution is -0.183. The molecule has 1 aromatic heterocycles. The molecule has 5 atom stereocenters. The number of piperazine rings is 1. The van der Waals surface area contributed by atoms with E-state index in [9.17, 15) is 5.11 Å². The second-order valence-electron chi connectivity index (χ2n) is 7.70. The molecule has 5 unspecified atom stereocenters. The monoisotopic (exact) mass is 385 g/mol. The van der Waals surface area contributed by atoms with Crippen molar-refractivity contribution < 1.29 is 19.0 Å². The van der Waals surface area contributed by atoms with Crippen molar-refractivity contribution in [1.82, 2.24) is 10.2 Å². The van der Waals surface area contributed by atoms with Crippen molar-refractivity contribution in [3.05, 3.63) is 54.5 Å². The summed E-state index contributed by atoms with van der Waals surface area (Å²) in [4.78, 5) is 4.70. The van der Waals surface area contributed by atoms with Gasteiger partial charge in [-0.1, -0.05) is 18.2 Å². The SMILES string of the molecule is OC1C(NCc2ccco2)C2COC(O2)C1N1CCN(c2ccccc2)CC1. The lowest BCUT2D eigenvalue weighted by Crippen LogP contribution is -2.66. The van der Waals surface area contributed by atoms with Gasteiger partial charge in [0.05, 0.1) is 37.6 Å². The Labute approximate surface area is 164 Å². The highest BCUT2D eigenvalue weighted by Crippen LogP contribution is 2.32. The molecule has 0 aliphatic carbocycles. The van der Waals surface area contributed by atoms with Gasteiger partial charge >= 0.3 is 0 Å². The lowest BCUT2D eigenvalue weighted by Gasteiger charge is -2.47. The standard InChI is InChI=1S/C21H27N3O4/c25-20-18(22-13-16-7-4-12-26-16)17-14-27-21(28-17)19(20)24-10-8-23(9-11-24)15-5-2-1-3-6-15/h1-7,12,17-22,25H,8-11,13-14H2. The third-order valence-electron chi connectivity index (χ3n) is 6.08. The molecule has 2 aromatic rings. The average Bonchev–Trinajstić information content (AvgIpc) is 3.40. The van der Waals surface area contributed by atoms with E-state index < -0.39 is 6.10 Å². The third kappa shape index (κ3) is 3.44. The number of nitrogens with zero attached hydrogens (tertiary/aromatic N) is 2. The number of aliphatic hydroxyl groups is 1. The van der Waals surface area contributed by atoms with Crippen molar-refractivity contribution in [2.24, 2.45) is 0 Å². The van der Waals surface area contributed by atoms with Gasteiger partial charge in [-0.2, -0.15) is 0 Å². The summed E-state index contributed by atoms with van der Waals surface area (Å²) in [7, 11) is 0. The van der Waals surface area contributed by atoms with Crippen LogP contribution in [0.2, 0.25) is 0 Å². The minimum Gasteiger partial charge on any atom is -0.468 e. The van der Waals surface area contributed by atoms with Gasteiger partial charge in [0.2, 0.25) is 0 Å². The van der Waals surface area contributed by atoms with Crippen LogP contribution in [-0.4, -0.2) is 73.4 Å². The molecule has 150 valence electrons. The number of nitrogens with one attached hydrogen (secondary N) is 1. The summed E-state index contributed by atoms with van der Waals surface area (Å²) in [6.45, 7) is 4.67. The predicted octanol–water partition coefficient (Wildman–Crippen LogP) is 1.04. The van der Waals surface area contributed by atoms with E-state index in [1.807, 2.05) is 18.2 Å². The molecule has 0 radical (unpaired) electrons. The summed E-state index contributed by atoms with van der Waals surface area (Å²) >= 11 is 0. The minimum atomic E-state index is -0.551. The van der Waals surface area contributed by atoms with Gasteiger partial charge < -0.3 is 29.2 Å². The fraction of sp³-hybridized carbons (Fsp3) is 0.524. The molecule has 2 bridgehead atoms. The molecule has 3 aliphatic heterocycles. The Kier molecular flexibility index (Phi) is 5.09. The first kappa shape index (κ1) is 18.1. The molecular formula is C21H27N3O4. The van der Waals surface area contributed by atoms with Crippen LogP contribution in [0, 0.1) is 0 Å². The van der Waals surface area contributed by atoms with E-state index in [-0.39, 0.29) is 24.5 Å². The van der Waals surface area contributed by atoms with E-state index in [2.05, 4.69) is 39.4 Å². The topological polar surface area (TPSA) is 70.3 Å². The number of furan rings is 1. The molecule has 0 saturated carbocycles. The van der Waals surface area contributed by atoms with Crippen molar-refractivity contribution in [2.45, 2.75) is 37.1 Å². The maximum atomic E-state index is 11.2. The quantitative estimate of drug-likeness (QED) is 0.797. The summed E-state index contributed by atoms with van der Waals surface area (Å²) in [5.41, 5.74) is 1.25. The number of fused-ring (bicyclic) bond motifs is 2. The van der Waals surface area contributed by atoms with Gasteiger partial charge in [0.1, 0.15) is 11.9 Å². The summed E-state index contributed by atoms with van der Waals surface area (Å²) in [5.74, 6) is 0.848. The Balaban J connectivity index is 1.24. The maximum absolute atomic E-state index is 11.2. The minimum absolute atomic E-state index is 0.128. The first-order chi connectivity index (χ1) is 13.8. The van der Waals surface area contributed by atoms with Crippen LogP contribution in [0.15, 0.2) is 53.1 Å². The van der Waals surface area contributed by atoms with Crippen LogP contribution in [0.25, 0.3) is 0 Å². The van der Waals surface area contributed by atoms with Crippen molar-refractivity contribution in [3.8, 4) is 0 Å². The molecule has 1 aromatic carbocycles. The summed E-state index contributed by atoms with van der Waals surface area (Å²) in [6.07, 6.45) is 0.625. The van der Waals surface area contributed by atoms with Gasteiger partial charge in [-0.25, -0.2) is 0 Å².